The Morgan fingerprint density at radius 3 is 2.24 bits per heavy atom. The number of imide groups is 1. The summed E-state index contributed by atoms with van der Waals surface area (Å²) in [6, 6.07) is 6.64. The molecule has 1 saturated heterocycles. The van der Waals surface area contributed by atoms with Crippen molar-refractivity contribution in [2.75, 3.05) is 6.54 Å². The lowest BCUT2D eigenvalue weighted by molar-refractivity contribution is -0.150. The Balaban J connectivity index is 1.82. The van der Waals surface area contributed by atoms with E-state index in [1.54, 1.807) is 38.1 Å². The summed E-state index contributed by atoms with van der Waals surface area (Å²) >= 11 is 0. The van der Waals surface area contributed by atoms with Crippen LogP contribution in [0.1, 0.15) is 34.6 Å². The Bertz CT molecular complexity index is 589. The molecule has 110 valence electrons. The maximum absolute atomic E-state index is 12.3. The van der Waals surface area contributed by atoms with Gasteiger partial charge in [0.2, 0.25) is 0 Å². The predicted octanol–water partition coefficient (Wildman–Crippen LogP) is 1.00. The van der Waals surface area contributed by atoms with E-state index in [-0.39, 0.29) is 18.4 Å². The Morgan fingerprint density at radius 1 is 1.14 bits per heavy atom. The van der Waals surface area contributed by atoms with Crippen molar-refractivity contribution in [2.45, 2.75) is 31.8 Å². The highest BCUT2D eigenvalue weighted by atomic mass is 16.8. The van der Waals surface area contributed by atoms with Crippen LogP contribution in [-0.2, 0) is 14.3 Å². The molecule has 21 heavy (non-hydrogen) atoms. The molecule has 0 saturated carbocycles. The van der Waals surface area contributed by atoms with Gasteiger partial charge in [0.05, 0.1) is 17.7 Å². The van der Waals surface area contributed by atoms with Crippen LogP contribution in [0.25, 0.3) is 0 Å². The molecule has 0 aliphatic carbocycles. The van der Waals surface area contributed by atoms with Crippen molar-refractivity contribution < 1.29 is 23.9 Å². The van der Waals surface area contributed by atoms with Crippen molar-refractivity contribution >= 4 is 18.1 Å². The third kappa shape index (κ3) is 2.26. The maximum Gasteiger partial charge on any atom is 0.261 e. The lowest BCUT2D eigenvalue weighted by atomic mass is 10.1. The molecule has 1 fully saturated rings. The van der Waals surface area contributed by atoms with Gasteiger partial charge < -0.3 is 14.3 Å². The van der Waals surface area contributed by atoms with E-state index in [9.17, 15) is 14.4 Å². The third-order valence-corrected chi connectivity index (χ3v) is 3.60. The molecule has 2 atom stereocenters. The third-order valence-electron chi connectivity index (χ3n) is 3.60. The van der Waals surface area contributed by atoms with E-state index in [0.717, 1.165) is 4.90 Å². The number of hydrogen-bond donors (Lipinski definition) is 0. The molecular formula is C15H15NO5. The first-order valence-corrected chi connectivity index (χ1v) is 6.69. The van der Waals surface area contributed by atoms with Gasteiger partial charge in [-0.1, -0.05) is 12.1 Å². The van der Waals surface area contributed by atoms with Crippen molar-refractivity contribution in [3.05, 3.63) is 35.4 Å². The van der Waals surface area contributed by atoms with Gasteiger partial charge in [0.15, 0.2) is 12.1 Å². The fourth-order valence-electron chi connectivity index (χ4n) is 2.70. The molecule has 3 rings (SSSR count). The minimum absolute atomic E-state index is 0.000810. The summed E-state index contributed by atoms with van der Waals surface area (Å²) < 4.78 is 11.0. The first-order valence-electron chi connectivity index (χ1n) is 6.69. The molecule has 0 N–H and O–H groups in total. The van der Waals surface area contributed by atoms with E-state index in [4.69, 9.17) is 9.47 Å². The summed E-state index contributed by atoms with van der Waals surface area (Å²) in [5.74, 6) is -1.64. The van der Waals surface area contributed by atoms with Crippen LogP contribution in [0.2, 0.25) is 0 Å². The fourth-order valence-corrected chi connectivity index (χ4v) is 2.70. The van der Waals surface area contributed by atoms with Gasteiger partial charge in [-0.05, 0) is 26.0 Å². The first kappa shape index (κ1) is 13.9. The number of hydrogen-bond acceptors (Lipinski definition) is 5. The highest BCUT2D eigenvalue weighted by molar-refractivity contribution is 6.21. The van der Waals surface area contributed by atoms with Crippen LogP contribution in [0.4, 0.5) is 0 Å². The number of aldehydes is 1. The number of nitrogens with zero attached hydrogens (tertiary/aromatic N) is 1. The zero-order valence-electron chi connectivity index (χ0n) is 11.7. The molecule has 2 aliphatic heterocycles. The summed E-state index contributed by atoms with van der Waals surface area (Å²) in [6.07, 6.45) is -0.804. The van der Waals surface area contributed by atoms with Gasteiger partial charge in [0, 0.05) is 0 Å². The van der Waals surface area contributed by atoms with E-state index >= 15 is 0 Å². The Labute approximate surface area is 121 Å². The molecule has 1 aromatic carbocycles. The van der Waals surface area contributed by atoms with E-state index in [2.05, 4.69) is 0 Å². The zero-order chi connectivity index (χ0) is 15.2. The zero-order valence-corrected chi connectivity index (χ0v) is 11.7. The van der Waals surface area contributed by atoms with E-state index in [1.807, 2.05) is 0 Å². The highest BCUT2D eigenvalue weighted by Crippen LogP contribution is 2.30. The molecule has 0 aromatic heterocycles. The number of benzene rings is 1. The normalized spacial score (nSPS) is 27.0. The van der Waals surface area contributed by atoms with Gasteiger partial charge >= 0.3 is 0 Å². The summed E-state index contributed by atoms with van der Waals surface area (Å²) in [5, 5.41) is 0. The molecule has 2 heterocycles. The Kier molecular flexibility index (Phi) is 3.15. The minimum Gasteiger partial charge on any atom is -0.342 e. The molecule has 6 heteroatoms. The van der Waals surface area contributed by atoms with Gasteiger partial charge in [-0.25, -0.2) is 0 Å². The van der Waals surface area contributed by atoms with Crippen LogP contribution in [-0.4, -0.2) is 47.5 Å². The summed E-state index contributed by atoms with van der Waals surface area (Å²) in [5.41, 5.74) is 0.756. The second-order valence-electron chi connectivity index (χ2n) is 5.54. The van der Waals surface area contributed by atoms with E-state index in [0.29, 0.717) is 17.4 Å². The number of carbonyl (C=O) groups is 3. The summed E-state index contributed by atoms with van der Waals surface area (Å²) in [7, 11) is 0. The van der Waals surface area contributed by atoms with Crippen LogP contribution >= 0.6 is 0 Å². The average molecular weight is 289 g/mol. The summed E-state index contributed by atoms with van der Waals surface area (Å²) in [6.45, 7) is 3.37. The number of amides is 2. The van der Waals surface area contributed by atoms with Crippen molar-refractivity contribution in [3.63, 3.8) is 0 Å². The fraction of sp³-hybridized carbons (Fsp3) is 0.400. The standard InChI is InChI=1S/C15H15NO5/c1-15(2)20-11(12(8-17)21-15)7-16-13(18)9-5-3-4-6-10(9)14(16)19/h3-6,8,11-12H,7H2,1-2H3/t11-,12+/m0/s1. The lowest BCUT2D eigenvalue weighted by Gasteiger charge is -2.20. The van der Waals surface area contributed by atoms with Gasteiger partial charge in [-0.15, -0.1) is 0 Å². The molecule has 0 spiro atoms. The SMILES string of the molecule is CC1(C)O[C@@H](CN2C(=O)c3ccccc3C2=O)[C@@H](C=O)O1. The van der Waals surface area contributed by atoms with Gasteiger partial charge in [0.1, 0.15) is 12.2 Å². The van der Waals surface area contributed by atoms with Crippen LogP contribution < -0.4 is 0 Å². The monoisotopic (exact) mass is 289 g/mol. The lowest BCUT2D eigenvalue weighted by Crippen LogP contribution is -2.41. The molecule has 2 aliphatic rings. The van der Waals surface area contributed by atoms with Gasteiger partial charge in [-0.2, -0.15) is 0 Å². The Hall–Kier alpha value is -2.05. The van der Waals surface area contributed by atoms with Crippen molar-refractivity contribution in [1.29, 1.82) is 0 Å². The minimum atomic E-state index is -0.908. The molecule has 2 amide bonds. The quantitative estimate of drug-likeness (QED) is 0.613. The van der Waals surface area contributed by atoms with Crippen LogP contribution in [0.5, 0.6) is 0 Å². The first-order chi connectivity index (χ1) is 9.93. The number of carbonyl (C=O) groups excluding carboxylic acids is 3. The van der Waals surface area contributed by atoms with Gasteiger partial charge in [0.25, 0.3) is 11.8 Å². The van der Waals surface area contributed by atoms with Crippen molar-refractivity contribution in [2.24, 2.45) is 0 Å². The van der Waals surface area contributed by atoms with Crippen molar-refractivity contribution in [1.82, 2.24) is 4.90 Å². The molecular weight excluding hydrogens is 274 g/mol. The second kappa shape index (κ2) is 4.75. The predicted molar refractivity (Wildman–Crippen MR) is 71.7 cm³/mol. The highest BCUT2D eigenvalue weighted by Gasteiger charge is 2.45. The molecule has 6 nitrogen and oxygen atoms in total. The van der Waals surface area contributed by atoms with Crippen molar-refractivity contribution in [3.8, 4) is 0 Å². The maximum atomic E-state index is 12.3. The smallest absolute Gasteiger partial charge is 0.261 e. The molecule has 0 bridgehead atoms. The Morgan fingerprint density at radius 2 is 1.71 bits per heavy atom. The molecule has 0 unspecified atom stereocenters. The molecule has 0 radical (unpaired) electrons. The number of ether oxygens (including phenoxy) is 2. The average Bonchev–Trinajstić information content (AvgIpc) is 2.88. The van der Waals surface area contributed by atoms with Gasteiger partial charge in [-0.3, -0.25) is 14.5 Å². The number of fused-ring (bicyclic) bond motifs is 1. The van der Waals surface area contributed by atoms with Crippen LogP contribution in [0.3, 0.4) is 0 Å². The second-order valence-corrected chi connectivity index (χ2v) is 5.54. The van der Waals surface area contributed by atoms with E-state index < -0.39 is 18.0 Å². The van der Waals surface area contributed by atoms with Crippen LogP contribution in [0.15, 0.2) is 24.3 Å². The van der Waals surface area contributed by atoms with Crippen LogP contribution in [0, 0.1) is 0 Å². The molecule has 1 aromatic rings. The largest absolute Gasteiger partial charge is 0.342 e. The number of rotatable bonds is 3. The summed E-state index contributed by atoms with van der Waals surface area (Å²) in [4.78, 5) is 36.7. The van der Waals surface area contributed by atoms with E-state index in [1.165, 1.54) is 0 Å². The topological polar surface area (TPSA) is 72.9 Å².